The minimum Gasteiger partial charge on any atom is -0.132 e. The Morgan fingerprint density at radius 3 is 2.44 bits per heavy atom. The SMILES string of the molecule is CCc1ccc(CC)c(C(Br)c2ccc(Br)s2)c1. The highest BCUT2D eigenvalue weighted by Gasteiger charge is 2.16. The normalized spacial score (nSPS) is 12.7. The fourth-order valence-electron chi connectivity index (χ4n) is 2.04. The van der Waals surface area contributed by atoms with Gasteiger partial charge in [0.1, 0.15) is 0 Å². The number of thiophene rings is 1. The molecule has 1 heterocycles. The Labute approximate surface area is 130 Å². The molecule has 0 aliphatic carbocycles. The molecule has 1 atom stereocenters. The highest BCUT2D eigenvalue weighted by Crippen LogP contribution is 2.38. The zero-order chi connectivity index (χ0) is 13.1. The highest BCUT2D eigenvalue weighted by atomic mass is 79.9. The molecule has 0 amide bonds. The van der Waals surface area contributed by atoms with Crippen molar-refractivity contribution in [2.45, 2.75) is 31.5 Å². The molecule has 1 unspecified atom stereocenters. The summed E-state index contributed by atoms with van der Waals surface area (Å²) in [7, 11) is 0. The van der Waals surface area contributed by atoms with Crippen molar-refractivity contribution in [2.24, 2.45) is 0 Å². The summed E-state index contributed by atoms with van der Waals surface area (Å²) in [5, 5.41) is 0. The van der Waals surface area contributed by atoms with Gasteiger partial charge >= 0.3 is 0 Å². The molecule has 0 bridgehead atoms. The van der Waals surface area contributed by atoms with Crippen LogP contribution in [-0.4, -0.2) is 0 Å². The molecule has 2 aromatic rings. The van der Waals surface area contributed by atoms with E-state index in [4.69, 9.17) is 0 Å². The molecular formula is C15H16Br2S. The van der Waals surface area contributed by atoms with Gasteiger partial charge in [-0.1, -0.05) is 48.0 Å². The van der Waals surface area contributed by atoms with Crippen molar-refractivity contribution < 1.29 is 0 Å². The van der Waals surface area contributed by atoms with Crippen molar-refractivity contribution in [1.82, 2.24) is 0 Å². The summed E-state index contributed by atoms with van der Waals surface area (Å²) < 4.78 is 1.19. The van der Waals surface area contributed by atoms with E-state index < -0.39 is 0 Å². The standard InChI is InChI=1S/C15H16Br2S/c1-3-10-5-6-11(4-2)12(9-10)15(17)13-7-8-14(16)18-13/h5-9,15H,3-4H2,1-2H3. The largest absolute Gasteiger partial charge is 0.132 e. The zero-order valence-corrected chi connectivity index (χ0v) is 14.5. The monoisotopic (exact) mass is 386 g/mol. The van der Waals surface area contributed by atoms with E-state index in [1.807, 2.05) is 0 Å². The maximum atomic E-state index is 3.85. The quantitative estimate of drug-likeness (QED) is 0.554. The molecule has 0 radical (unpaired) electrons. The molecule has 3 heteroatoms. The van der Waals surface area contributed by atoms with Crippen LogP contribution in [0.5, 0.6) is 0 Å². The van der Waals surface area contributed by atoms with Crippen LogP contribution in [0.2, 0.25) is 0 Å². The van der Waals surface area contributed by atoms with Crippen LogP contribution in [0.15, 0.2) is 34.1 Å². The smallest absolute Gasteiger partial charge is 0.0741 e. The van der Waals surface area contributed by atoms with Crippen molar-refractivity contribution in [3.05, 3.63) is 55.7 Å². The second kappa shape index (κ2) is 6.36. The molecule has 0 spiro atoms. The maximum absolute atomic E-state index is 3.85. The molecule has 1 aromatic carbocycles. The lowest BCUT2D eigenvalue weighted by Crippen LogP contribution is -1.98. The maximum Gasteiger partial charge on any atom is 0.0741 e. The van der Waals surface area contributed by atoms with Gasteiger partial charge in [-0.25, -0.2) is 0 Å². The lowest BCUT2D eigenvalue weighted by molar-refractivity contribution is 1.04. The summed E-state index contributed by atoms with van der Waals surface area (Å²) in [5.74, 6) is 0. The van der Waals surface area contributed by atoms with Crippen molar-refractivity contribution in [3.63, 3.8) is 0 Å². The Balaban J connectivity index is 2.41. The first kappa shape index (κ1) is 14.3. The third-order valence-corrected chi connectivity index (χ3v) is 6.09. The molecule has 0 aliphatic heterocycles. The highest BCUT2D eigenvalue weighted by molar-refractivity contribution is 9.11. The van der Waals surface area contributed by atoms with Gasteiger partial charge in [0.05, 0.1) is 8.61 Å². The molecule has 0 saturated carbocycles. The first-order chi connectivity index (χ1) is 8.65. The van der Waals surface area contributed by atoms with Crippen LogP contribution < -0.4 is 0 Å². The number of rotatable bonds is 4. The van der Waals surface area contributed by atoms with Crippen LogP contribution in [0.1, 0.15) is 40.2 Å². The Kier molecular flexibility index (Phi) is 5.05. The molecule has 0 nitrogen and oxygen atoms in total. The van der Waals surface area contributed by atoms with Crippen molar-refractivity contribution in [3.8, 4) is 0 Å². The Bertz CT molecular complexity index is 531. The molecule has 0 saturated heterocycles. The van der Waals surface area contributed by atoms with Crippen LogP contribution in [0, 0.1) is 0 Å². The van der Waals surface area contributed by atoms with Crippen LogP contribution in [0.25, 0.3) is 0 Å². The topological polar surface area (TPSA) is 0 Å². The average molecular weight is 388 g/mol. The van der Waals surface area contributed by atoms with Crippen molar-refractivity contribution >= 4 is 43.2 Å². The predicted molar refractivity (Wildman–Crippen MR) is 88.0 cm³/mol. The van der Waals surface area contributed by atoms with Crippen molar-refractivity contribution in [1.29, 1.82) is 0 Å². The van der Waals surface area contributed by atoms with Crippen molar-refractivity contribution in [2.75, 3.05) is 0 Å². The molecule has 0 aliphatic rings. The zero-order valence-electron chi connectivity index (χ0n) is 10.5. The van der Waals surface area contributed by atoms with E-state index in [9.17, 15) is 0 Å². The third kappa shape index (κ3) is 3.06. The summed E-state index contributed by atoms with van der Waals surface area (Å²) >= 11 is 9.18. The van der Waals surface area contributed by atoms with Gasteiger partial charge in [-0.15, -0.1) is 11.3 Å². The summed E-state index contributed by atoms with van der Waals surface area (Å²) in [6, 6.07) is 11.2. The first-order valence-electron chi connectivity index (χ1n) is 6.16. The number of benzene rings is 1. The van der Waals surface area contributed by atoms with E-state index in [1.54, 1.807) is 11.3 Å². The van der Waals surface area contributed by atoms with E-state index in [2.05, 4.69) is 76.0 Å². The number of halogens is 2. The van der Waals surface area contributed by atoms with E-state index in [1.165, 1.54) is 25.4 Å². The van der Waals surface area contributed by atoms with E-state index in [0.717, 1.165) is 12.8 Å². The van der Waals surface area contributed by atoms with Gasteiger partial charge in [0.25, 0.3) is 0 Å². The third-order valence-electron chi connectivity index (χ3n) is 3.12. The fraction of sp³-hybridized carbons (Fsp3) is 0.333. The average Bonchev–Trinajstić information content (AvgIpc) is 2.83. The minimum absolute atomic E-state index is 0.301. The van der Waals surface area contributed by atoms with Crippen LogP contribution >= 0.6 is 43.2 Å². The van der Waals surface area contributed by atoms with Gasteiger partial charge in [-0.05, 0) is 57.6 Å². The predicted octanol–water partition coefficient (Wildman–Crippen LogP) is 6.12. The second-order valence-electron chi connectivity index (χ2n) is 4.24. The molecular weight excluding hydrogens is 372 g/mol. The van der Waals surface area contributed by atoms with Crippen LogP contribution in [-0.2, 0) is 12.8 Å². The number of hydrogen-bond donors (Lipinski definition) is 0. The summed E-state index contributed by atoms with van der Waals surface area (Å²) in [6.45, 7) is 4.42. The number of aryl methyl sites for hydroxylation is 2. The number of alkyl halides is 1. The Hall–Kier alpha value is -0.120. The van der Waals surface area contributed by atoms with Gasteiger partial charge in [0, 0.05) is 4.88 Å². The van der Waals surface area contributed by atoms with Gasteiger partial charge in [0.2, 0.25) is 0 Å². The Morgan fingerprint density at radius 2 is 1.89 bits per heavy atom. The van der Waals surface area contributed by atoms with Gasteiger partial charge in [-0.3, -0.25) is 0 Å². The number of hydrogen-bond acceptors (Lipinski definition) is 1. The van der Waals surface area contributed by atoms with Gasteiger partial charge in [0.15, 0.2) is 0 Å². The molecule has 0 N–H and O–H groups in total. The first-order valence-corrected chi connectivity index (χ1v) is 8.69. The molecule has 18 heavy (non-hydrogen) atoms. The molecule has 96 valence electrons. The molecule has 1 aromatic heterocycles. The van der Waals surface area contributed by atoms with Gasteiger partial charge in [-0.2, -0.15) is 0 Å². The van der Waals surface area contributed by atoms with E-state index in [-0.39, 0.29) is 0 Å². The molecule has 0 fully saturated rings. The van der Waals surface area contributed by atoms with E-state index >= 15 is 0 Å². The lowest BCUT2D eigenvalue weighted by Gasteiger charge is -2.14. The van der Waals surface area contributed by atoms with Crippen LogP contribution in [0.4, 0.5) is 0 Å². The fourth-order valence-corrected chi connectivity index (χ4v) is 4.32. The summed E-state index contributed by atoms with van der Waals surface area (Å²) in [6.07, 6.45) is 2.17. The second-order valence-corrected chi connectivity index (χ2v) is 7.65. The summed E-state index contributed by atoms with van der Waals surface area (Å²) in [4.78, 5) is 1.65. The van der Waals surface area contributed by atoms with Crippen LogP contribution in [0.3, 0.4) is 0 Å². The lowest BCUT2D eigenvalue weighted by atomic mass is 9.98. The molecule has 2 rings (SSSR count). The van der Waals surface area contributed by atoms with E-state index in [0.29, 0.717) is 4.83 Å². The summed E-state index contributed by atoms with van der Waals surface area (Å²) in [5.41, 5.74) is 4.24. The minimum atomic E-state index is 0.301. The van der Waals surface area contributed by atoms with Gasteiger partial charge < -0.3 is 0 Å². The Morgan fingerprint density at radius 1 is 1.11 bits per heavy atom.